The Morgan fingerprint density at radius 2 is 1.74 bits per heavy atom. The lowest BCUT2D eigenvalue weighted by atomic mass is 9.97. The number of fused-ring (bicyclic) bond motifs is 1. The lowest BCUT2D eigenvalue weighted by molar-refractivity contribution is 0.203. The van der Waals surface area contributed by atoms with Crippen molar-refractivity contribution in [2.24, 2.45) is 5.92 Å². The van der Waals surface area contributed by atoms with Gasteiger partial charge >= 0.3 is 0 Å². The molecule has 0 spiro atoms. The monoisotopic (exact) mass is 475 g/mol. The van der Waals surface area contributed by atoms with Gasteiger partial charge in [-0.1, -0.05) is 18.2 Å². The van der Waals surface area contributed by atoms with Crippen molar-refractivity contribution < 1.29 is 4.74 Å². The molecule has 3 N–H and O–H groups in total. The van der Waals surface area contributed by atoms with E-state index in [1.54, 1.807) is 7.11 Å². The van der Waals surface area contributed by atoms with Crippen LogP contribution in [0, 0.1) is 5.92 Å². The van der Waals surface area contributed by atoms with Gasteiger partial charge in [-0.05, 0) is 108 Å². The molecular weight excluding hydrogens is 434 g/mol. The molecule has 0 amide bonds. The van der Waals surface area contributed by atoms with Gasteiger partial charge in [0, 0.05) is 29.7 Å². The van der Waals surface area contributed by atoms with E-state index in [0.717, 1.165) is 60.2 Å². The number of ether oxygens (including phenoxy) is 1. The van der Waals surface area contributed by atoms with Crippen molar-refractivity contribution in [3.8, 4) is 17.0 Å². The molecule has 1 aliphatic heterocycles. The largest absolute Gasteiger partial charge is 0.497 e. The van der Waals surface area contributed by atoms with Gasteiger partial charge in [0.1, 0.15) is 5.75 Å². The maximum Gasteiger partial charge on any atom is 0.118 e. The normalized spacial score (nSPS) is 14.5. The van der Waals surface area contributed by atoms with Gasteiger partial charge < -0.3 is 25.6 Å². The summed E-state index contributed by atoms with van der Waals surface area (Å²) >= 11 is 0. The highest BCUT2D eigenvalue weighted by Gasteiger charge is 2.17. The minimum Gasteiger partial charge on any atom is -0.497 e. The van der Waals surface area contributed by atoms with Crippen molar-refractivity contribution in [3.05, 3.63) is 54.6 Å². The van der Waals surface area contributed by atoms with Crippen molar-refractivity contribution in [1.82, 2.24) is 20.5 Å². The van der Waals surface area contributed by atoms with Crippen LogP contribution in [0.3, 0.4) is 0 Å². The van der Waals surface area contributed by atoms with Gasteiger partial charge in [0.05, 0.1) is 18.3 Å². The highest BCUT2D eigenvalue weighted by atomic mass is 16.5. The summed E-state index contributed by atoms with van der Waals surface area (Å²) < 4.78 is 5.32. The van der Waals surface area contributed by atoms with Crippen LogP contribution in [0.5, 0.6) is 5.75 Å². The van der Waals surface area contributed by atoms with Crippen LogP contribution in [-0.4, -0.2) is 69.9 Å². The molecule has 0 aliphatic carbocycles. The van der Waals surface area contributed by atoms with Crippen molar-refractivity contribution in [2.75, 3.05) is 65.3 Å². The Hall–Kier alpha value is -2.67. The summed E-state index contributed by atoms with van der Waals surface area (Å²) in [6, 6.07) is 18.7. The number of anilines is 1. The fourth-order valence-corrected chi connectivity index (χ4v) is 4.96. The fourth-order valence-electron chi connectivity index (χ4n) is 4.96. The number of nitrogens with zero attached hydrogens (tertiary/aromatic N) is 2. The number of para-hydroxylation sites is 1. The zero-order valence-electron chi connectivity index (χ0n) is 21.4. The smallest absolute Gasteiger partial charge is 0.118 e. The summed E-state index contributed by atoms with van der Waals surface area (Å²) in [4.78, 5) is 7.61. The van der Waals surface area contributed by atoms with Crippen LogP contribution in [0.25, 0.3) is 22.2 Å². The number of hydrogen-bond acceptors (Lipinski definition) is 6. The van der Waals surface area contributed by atoms with Gasteiger partial charge in [-0.2, -0.15) is 0 Å². The van der Waals surface area contributed by atoms with E-state index >= 15 is 0 Å². The van der Waals surface area contributed by atoms with Crippen molar-refractivity contribution in [3.63, 3.8) is 0 Å². The molecule has 2 heterocycles. The Morgan fingerprint density at radius 3 is 2.49 bits per heavy atom. The molecule has 1 saturated heterocycles. The first-order chi connectivity index (χ1) is 17.3. The first-order valence-corrected chi connectivity index (χ1v) is 13.1. The summed E-state index contributed by atoms with van der Waals surface area (Å²) in [5.41, 5.74) is 4.25. The molecule has 0 atom stereocenters. The lowest BCUT2D eigenvalue weighted by Crippen LogP contribution is -2.38. The molecule has 6 heteroatoms. The van der Waals surface area contributed by atoms with Gasteiger partial charge in [0.25, 0.3) is 0 Å². The molecule has 188 valence electrons. The zero-order chi connectivity index (χ0) is 24.3. The van der Waals surface area contributed by atoms with Crippen LogP contribution in [0.4, 0.5) is 5.69 Å². The molecule has 2 aromatic carbocycles. The molecule has 35 heavy (non-hydrogen) atoms. The molecular formula is C29H41N5O. The van der Waals surface area contributed by atoms with Crippen molar-refractivity contribution in [1.29, 1.82) is 0 Å². The second kappa shape index (κ2) is 13.4. The summed E-state index contributed by atoms with van der Waals surface area (Å²) in [6.45, 7) is 7.90. The average molecular weight is 476 g/mol. The molecule has 6 nitrogen and oxygen atoms in total. The highest BCUT2D eigenvalue weighted by Crippen LogP contribution is 2.29. The number of nitrogens with one attached hydrogen (secondary N) is 3. The minimum atomic E-state index is 0.829. The van der Waals surface area contributed by atoms with Crippen LogP contribution in [0.15, 0.2) is 54.6 Å². The predicted molar refractivity (Wildman–Crippen MR) is 147 cm³/mol. The Kier molecular flexibility index (Phi) is 9.75. The van der Waals surface area contributed by atoms with Crippen LogP contribution in [0.2, 0.25) is 0 Å². The molecule has 0 bridgehead atoms. The van der Waals surface area contributed by atoms with Crippen molar-refractivity contribution in [2.45, 2.75) is 25.7 Å². The minimum absolute atomic E-state index is 0.829. The van der Waals surface area contributed by atoms with Gasteiger partial charge in [0.15, 0.2) is 0 Å². The predicted octanol–water partition coefficient (Wildman–Crippen LogP) is 4.62. The molecule has 0 saturated carbocycles. The number of aromatic nitrogens is 1. The van der Waals surface area contributed by atoms with Crippen molar-refractivity contribution >= 4 is 16.6 Å². The topological polar surface area (TPSA) is 61.5 Å². The number of hydrogen-bond donors (Lipinski definition) is 3. The van der Waals surface area contributed by atoms with Gasteiger partial charge in [-0.25, -0.2) is 4.98 Å². The van der Waals surface area contributed by atoms with E-state index in [9.17, 15) is 0 Å². The van der Waals surface area contributed by atoms with E-state index in [4.69, 9.17) is 9.72 Å². The van der Waals surface area contributed by atoms with Gasteiger partial charge in [-0.3, -0.25) is 0 Å². The van der Waals surface area contributed by atoms with E-state index in [2.05, 4.69) is 63.3 Å². The van der Waals surface area contributed by atoms with E-state index in [0.29, 0.717) is 0 Å². The first kappa shape index (κ1) is 25.4. The zero-order valence-corrected chi connectivity index (χ0v) is 21.4. The van der Waals surface area contributed by atoms with E-state index < -0.39 is 0 Å². The van der Waals surface area contributed by atoms with E-state index in [1.165, 1.54) is 50.8 Å². The van der Waals surface area contributed by atoms with Crippen LogP contribution >= 0.6 is 0 Å². The highest BCUT2D eigenvalue weighted by molar-refractivity contribution is 5.93. The summed E-state index contributed by atoms with van der Waals surface area (Å²) in [5, 5.41) is 11.7. The molecule has 0 unspecified atom stereocenters. The maximum atomic E-state index is 5.32. The molecule has 4 rings (SSSR count). The van der Waals surface area contributed by atoms with Crippen LogP contribution in [0.1, 0.15) is 25.7 Å². The number of pyridine rings is 1. The number of methoxy groups -OCH3 is 1. The Labute approximate surface area is 210 Å². The third-order valence-corrected chi connectivity index (χ3v) is 6.94. The fraction of sp³-hybridized carbons (Fsp3) is 0.483. The Morgan fingerprint density at radius 1 is 1.00 bits per heavy atom. The molecule has 3 aromatic rings. The van der Waals surface area contributed by atoms with E-state index in [-0.39, 0.29) is 0 Å². The molecule has 1 fully saturated rings. The third kappa shape index (κ3) is 7.40. The Bertz CT molecular complexity index is 1030. The van der Waals surface area contributed by atoms with Crippen LogP contribution < -0.4 is 20.7 Å². The summed E-state index contributed by atoms with van der Waals surface area (Å²) in [5.74, 6) is 1.69. The molecule has 1 aliphatic rings. The quantitative estimate of drug-likeness (QED) is 0.314. The Balaban J connectivity index is 1.40. The average Bonchev–Trinajstić information content (AvgIpc) is 2.91. The second-order valence-corrected chi connectivity index (χ2v) is 9.53. The molecule has 0 radical (unpaired) electrons. The lowest BCUT2D eigenvalue weighted by Gasteiger charge is -2.30. The second-order valence-electron chi connectivity index (χ2n) is 9.53. The first-order valence-electron chi connectivity index (χ1n) is 13.1. The SMILES string of the molecule is CNCCCN(CCCNc1cc(-c2ccc(OC)cc2)nc2ccccc12)CC1CCNCC1. The van der Waals surface area contributed by atoms with E-state index in [1.807, 2.05) is 19.2 Å². The third-order valence-electron chi connectivity index (χ3n) is 6.94. The van der Waals surface area contributed by atoms with Crippen LogP contribution in [-0.2, 0) is 0 Å². The summed E-state index contributed by atoms with van der Waals surface area (Å²) in [6.07, 6.45) is 4.93. The van der Waals surface area contributed by atoms with Gasteiger partial charge in [-0.15, -0.1) is 0 Å². The summed E-state index contributed by atoms with van der Waals surface area (Å²) in [7, 11) is 3.74. The standard InChI is InChI=1S/C29H41N5O/c1-30-15-5-19-34(22-23-13-17-31-18-14-23)20-6-16-32-29-21-28(24-9-11-25(35-2)12-10-24)33-27-8-4-3-7-26(27)29/h3-4,7-12,21,23,30-31H,5-6,13-20,22H2,1-2H3,(H,32,33). The number of benzene rings is 2. The number of rotatable bonds is 13. The molecule has 1 aromatic heterocycles. The number of piperidine rings is 1. The maximum absolute atomic E-state index is 5.32. The van der Waals surface area contributed by atoms with Gasteiger partial charge in [0.2, 0.25) is 0 Å².